The van der Waals surface area contributed by atoms with Gasteiger partial charge < -0.3 is 9.64 Å². The van der Waals surface area contributed by atoms with Gasteiger partial charge in [-0.1, -0.05) is 44.7 Å². The SMILES string of the molecule is Cc1ccc(C)c(OCCN2C(=O)CS/C2=C\C(=O)C(C)(C)C)c1. The van der Waals surface area contributed by atoms with Crippen molar-refractivity contribution in [1.82, 2.24) is 4.90 Å². The Kier molecular flexibility index (Phi) is 5.75. The normalized spacial score (nSPS) is 16.8. The van der Waals surface area contributed by atoms with Crippen molar-refractivity contribution in [3.05, 3.63) is 40.4 Å². The molecular formula is C19H25NO3S. The lowest BCUT2D eigenvalue weighted by atomic mass is 9.91. The van der Waals surface area contributed by atoms with Gasteiger partial charge in [0.1, 0.15) is 12.4 Å². The molecule has 2 rings (SSSR count). The minimum Gasteiger partial charge on any atom is -0.491 e. The zero-order chi connectivity index (χ0) is 17.9. The lowest BCUT2D eigenvalue weighted by Gasteiger charge is -2.20. The lowest BCUT2D eigenvalue weighted by Crippen LogP contribution is -2.30. The molecule has 0 aromatic heterocycles. The fourth-order valence-corrected chi connectivity index (χ4v) is 3.17. The number of hydrogen-bond donors (Lipinski definition) is 0. The van der Waals surface area contributed by atoms with E-state index >= 15 is 0 Å². The third kappa shape index (κ3) is 4.63. The second kappa shape index (κ2) is 7.43. The van der Waals surface area contributed by atoms with E-state index in [0.29, 0.717) is 18.9 Å². The first-order valence-corrected chi connectivity index (χ1v) is 9.06. The zero-order valence-corrected chi connectivity index (χ0v) is 15.8. The first kappa shape index (κ1) is 18.6. The molecule has 0 bridgehead atoms. The summed E-state index contributed by atoms with van der Waals surface area (Å²) in [6, 6.07) is 6.06. The zero-order valence-electron chi connectivity index (χ0n) is 15.0. The van der Waals surface area contributed by atoms with Crippen LogP contribution < -0.4 is 4.74 Å². The van der Waals surface area contributed by atoms with Crippen molar-refractivity contribution in [1.29, 1.82) is 0 Å². The van der Waals surface area contributed by atoms with E-state index < -0.39 is 5.41 Å². The van der Waals surface area contributed by atoms with Crippen molar-refractivity contribution >= 4 is 23.5 Å². The highest BCUT2D eigenvalue weighted by atomic mass is 32.2. The van der Waals surface area contributed by atoms with E-state index in [2.05, 4.69) is 0 Å². The molecule has 0 radical (unpaired) electrons. The molecule has 1 aromatic carbocycles. The van der Waals surface area contributed by atoms with Gasteiger partial charge in [0.15, 0.2) is 5.78 Å². The highest BCUT2D eigenvalue weighted by Crippen LogP contribution is 2.30. The van der Waals surface area contributed by atoms with Gasteiger partial charge in [0, 0.05) is 11.5 Å². The maximum Gasteiger partial charge on any atom is 0.237 e. The molecule has 1 aliphatic rings. The fraction of sp³-hybridized carbons (Fsp3) is 0.474. The standard InChI is InChI=1S/C19H25NO3S/c1-13-6-7-14(2)15(10-13)23-9-8-20-17(22)12-24-18(20)11-16(21)19(3,4)5/h6-7,10-11H,8-9,12H2,1-5H3/b18-11-. The summed E-state index contributed by atoms with van der Waals surface area (Å²) in [4.78, 5) is 25.9. The Morgan fingerprint density at radius 1 is 1.33 bits per heavy atom. The van der Waals surface area contributed by atoms with E-state index in [1.165, 1.54) is 11.8 Å². The summed E-state index contributed by atoms with van der Waals surface area (Å²) < 4.78 is 5.83. The quantitative estimate of drug-likeness (QED) is 0.762. The summed E-state index contributed by atoms with van der Waals surface area (Å²) in [7, 11) is 0. The molecule has 0 atom stereocenters. The number of rotatable bonds is 5. The maximum atomic E-state index is 12.2. The molecule has 1 saturated heterocycles. The van der Waals surface area contributed by atoms with Crippen molar-refractivity contribution in [2.24, 2.45) is 5.41 Å². The van der Waals surface area contributed by atoms with Crippen LogP contribution in [0.15, 0.2) is 29.3 Å². The van der Waals surface area contributed by atoms with Gasteiger partial charge in [0.25, 0.3) is 0 Å². The molecule has 1 aromatic rings. The number of nitrogens with zero attached hydrogens (tertiary/aromatic N) is 1. The van der Waals surface area contributed by atoms with Crippen LogP contribution in [0.5, 0.6) is 5.75 Å². The molecule has 0 aliphatic carbocycles. The van der Waals surface area contributed by atoms with Gasteiger partial charge in [-0.15, -0.1) is 0 Å². The first-order chi connectivity index (χ1) is 11.2. The Morgan fingerprint density at radius 3 is 2.71 bits per heavy atom. The van der Waals surface area contributed by atoms with Crippen molar-refractivity contribution < 1.29 is 14.3 Å². The smallest absolute Gasteiger partial charge is 0.237 e. The number of amides is 1. The number of carbonyl (C=O) groups is 2. The Morgan fingerprint density at radius 2 is 2.04 bits per heavy atom. The van der Waals surface area contributed by atoms with Gasteiger partial charge in [-0.3, -0.25) is 9.59 Å². The van der Waals surface area contributed by atoms with Crippen LogP contribution in [0.1, 0.15) is 31.9 Å². The topological polar surface area (TPSA) is 46.6 Å². The van der Waals surface area contributed by atoms with Crippen LogP contribution in [-0.4, -0.2) is 35.5 Å². The van der Waals surface area contributed by atoms with E-state index in [1.54, 1.807) is 11.0 Å². The monoisotopic (exact) mass is 347 g/mol. The van der Waals surface area contributed by atoms with Crippen LogP contribution in [0.25, 0.3) is 0 Å². The van der Waals surface area contributed by atoms with Crippen LogP contribution in [0.4, 0.5) is 0 Å². The number of thioether (sulfide) groups is 1. The molecule has 1 amide bonds. The number of aryl methyl sites for hydroxylation is 2. The minimum absolute atomic E-state index is 0.0255. The highest BCUT2D eigenvalue weighted by Gasteiger charge is 2.29. The molecule has 130 valence electrons. The summed E-state index contributed by atoms with van der Waals surface area (Å²) in [6.07, 6.45) is 1.59. The van der Waals surface area contributed by atoms with Crippen molar-refractivity contribution in [3.63, 3.8) is 0 Å². The van der Waals surface area contributed by atoms with Gasteiger partial charge in [-0.25, -0.2) is 0 Å². The number of allylic oxidation sites excluding steroid dienone is 1. The number of benzene rings is 1. The average Bonchev–Trinajstić information content (AvgIpc) is 2.82. The van der Waals surface area contributed by atoms with E-state index in [0.717, 1.165) is 21.9 Å². The number of ether oxygens (including phenoxy) is 1. The molecule has 1 heterocycles. The molecule has 1 aliphatic heterocycles. The summed E-state index contributed by atoms with van der Waals surface area (Å²) >= 11 is 1.42. The Balaban J connectivity index is 2.01. The Bertz CT molecular complexity index is 674. The van der Waals surface area contributed by atoms with Gasteiger partial charge in [0.05, 0.1) is 17.3 Å². The summed E-state index contributed by atoms with van der Waals surface area (Å²) in [6.45, 7) is 10.5. The lowest BCUT2D eigenvalue weighted by molar-refractivity contribution is -0.125. The molecular weight excluding hydrogens is 322 g/mol. The van der Waals surface area contributed by atoms with Crippen LogP contribution >= 0.6 is 11.8 Å². The molecule has 24 heavy (non-hydrogen) atoms. The second-order valence-corrected chi connectivity index (χ2v) is 8.04. The molecule has 4 nitrogen and oxygen atoms in total. The van der Waals surface area contributed by atoms with E-state index in [9.17, 15) is 9.59 Å². The van der Waals surface area contributed by atoms with Gasteiger partial charge >= 0.3 is 0 Å². The van der Waals surface area contributed by atoms with Crippen molar-refractivity contribution in [2.75, 3.05) is 18.9 Å². The molecule has 0 saturated carbocycles. The summed E-state index contributed by atoms with van der Waals surface area (Å²) in [5.41, 5.74) is 1.77. The third-order valence-electron chi connectivity index (χ3n) is 3.82. The maximum absolute atomic E-state index is 12.2. The van der Waals surface area contributed by atoms with Crippen molar-refractivity contribution in [3.8, 4) is 5.75 Å². The average molecular weight is 347 g/mol. The van der Waals surface area contributed by atoms with Crippen LogP contribution in [-0.2, 0) is 9.59 Å². The number of carbonyl (C=O) groups excluding carboxylic acids is 2. The van der Waals surface area contributed by atoms with E-state index in [-0.39, 0.29) is 11.7 Å². The molecule has 0 N–H and O–H groups in total. The summed E-state index contributed by atoms with van der Waals surface area (Å²) in [5, 5.41) is 0.726. The summed E-state index contributed by atoms with van der Waals surface area (Å²) in [5.74, 6) is 1.27. The van der Waals surface area contributed by atoms with Gasteiger partial charge in [-0.2, -0.15) is 0 Å². The van der Waals surface area contributed by atoms with E-state index in [1.807, 2.05) is 52.8 Å². The molecule has 0 spiro atoms. The van der Waals surface area contributed by atoms with Crippen LogP contribution in [0, 0.1) is 19.3 Å². The minimum atomic E-state index is -0.444. The second-order valence-electron chi connectivity index (χ2n) is 7.05. The highest BCUT2D eigenvalue weighted by molar-refractivity contribution is 8.04. The van der Waals surface area contributed by atoms with Crippen LogP contribution in [0.3, 0.4) is 0 Å². The number of ketones is 1. The van der Waals surface area contributed by atoms with E-state index in [4.69, 9.17) is 4.74 Å². The fourth-order valence-electron chi connectivity index (χ4n) is 2.21. The molecule has 5 heteroatoms. The van der Waals surface area contributed by atoms with Crippen LogP contribution in [0.2, 0.25) is 0 Å². The van der Waals surface area contributed by atoms with Gasteiger partial charge in [-0.05, 0) is 31.0 Å². The molecule has 0 unspecified atom stereocenters. The molecule has 1 fully saturated rings. The van der Waals surface area contributed by atoms with Crippen molar-refractivity contribution in [2.45, 2.75) is 34.6 Å². The number of hydrogen-bond acceptors (Lipinski definition) is 4. The third-order valence-corrected chi connectivity index (χ3v) is 4.85. The van der Waals surface area contributed by atoms with Gasteiger partial charge in [0.2, 0.25) is 5.91 Å². The largest absolute Gasteiger partial charge is 0.491 e. The first-order valence-electron chi connectivity index (χ1n) is 8.08. The Hall–Kier alpha value is -1.75. The predicted octanol–water partition coefficient (Wildman–Crippen LogP) is 3.71. The predicted molar refractivity (Wildman–Crippen MR) is 98.1 cm³/mol. The Labute approximate surface area is 148 Å².